The lowest BCUT2D eigenvalue weighted by Gasteiger charge is -2.13. The quantitative estimate of drug-likeness (QED) is 0.719. The van der Waals surface area contributed by atoms with Crippen LogP contribution in [0.5, 0.6) is 0 Å². The summed E-state index contributed by atoms with van der Waals surface area (Å²) in [6.07, 6.45) is 0.993. The number of fused-ring (bicyclic) bond motifs is 1. The van der Waals surface area contributed by atoms with Crippen LogP contribution in [0.25, 0.3) is 10.8 Å². The van der Waals surface area contributed by atoms with Gasteiger partial charge in [-0.3, -0.25) is 0 Å². The Labute approximate surface area is 129 Å². The van der Waals surface area contributed by atoms with Crippen LogP contribution >= 0.6 is 11.6 Å². The fourth-order valence-electron chi connectivity index (χ4n) is 3.19. The Morgan fingerprint density at radius 1 is 0.905 bits per heavy atom. The van der Waals surface area contributed by atoms with Crippen LogP contribution in [-0.2, 0) is 5.54 Å². The van der Waals surface area contributed by atoms with Gasteiger partial charge in [-0.25, -0.2) is 0 Å². The van der Waals surface area contributed by atoms with Crippen molar-refractivity contribution in [1.29, 1.82) is 0 Å². The van der Waals surface area contributed by atoms with Crippen molar-refractivity contribution in [3.8, 4) is 0 Å². The third-order valence-corrected chi connectivity index (χ3v) is 4.81. The number of nitrogens with two attached hydrogens (primary N) is 1. The van der Waals surface area contributed by atoms with Crippen molar-refractivity contribution in [2.24, 2.45) is 5.73 Å². The van der Waals surface area contributed by atoms with E-state index >= 15 is 0 Å². The predicted octanol–water partition coefficient (Wildman–Crippen LogP) is 4.83. The summed E-state index contributed by atoms with van der Waals surface area (Å²) in [6.45, 7) is 0. The molecule has 0 aliphatic heterocycles. The molecule has 0 amide bonds. The Morgan fingerprint density at radius 3 is 2.38 bits per heavy atom. The maximum absolute atomic E-state index is 6.64. The lowest BCUT2D eigenvalue weighted by Crippen LogP contribution is -2.21. The van der Waals surface area contributed by atoms with Crippen molar-refractivity contribution >= 4 is 22.4 Å². The molecule has 1 nitrogen and oxygen atoms in total. The Bertz CT molecular complexity index is 809. The molecular formula is C19H16ClN. The molecule has 2 atom stereocenters. The van der Waals surface area contributed by atoms with Gasteiger partial charge in [0.25, 0.3) is 0 Å². The topological polar surface area (TPSA) is 26.0 Å². The highest BCUT2D eigenvalue weighted by Gasteiger charge is 2.52. The molecule has 4 rings (SSSR count). The predicted molar refractivity (Wildman–Crippen MR) is 88.6 cm³/mol. The molecule has 0 saturated heterocycles. The molecule has 1 aliphatic rings. The van der Waals surface area contributed by atoms with Gasteiger partial charge in [-0.2, -0.15) is 0 Å². The van der Waals surface area contributed by atoms with Gasteiger partial charge in [-0.15, -0.1) is 0 Å². The van der Waals surface area contributed by atoms with Gasteiger partial charge >= 0.3 is 0 Å². The highest BCUT2D eigenvalue weighted by molar-refractivity contribution is 6.30. The molecule has 2 unspecified atom stereocenters. The van der Waals surface area contributed by atoms with E-state index in [0.717, 1.165) is 11.4 Å². The van der Waals surface area contributed by atoms with Crippen LogP contribution in [0.4, 0.5) is 0 Å². The lowest BCUT2D eigenvalue weighted by molar-refractivity contribution is 0.707. The van der Waals surface area contributed by atoms with E-state index in [1.165, 1.54) is 21.9 Å². The highest BCUT2D eigenvalue weighted by Crippen LogP contribution is 2.56. The number of rotatable bonds is 2. The van der Waals surface area contributed by atoms with Gasteiger partial charge < -0.3 is 5.73 Å². The third-order valence-electron chi connectivity index (χ3n) is 4.56. The largest absolute Gasteiger partial charge is 0.321 e. The minimum absolute atomic E-state index is 0.238. The van der Waals surface area contributed by atoms with Gasteiger partial charge in [0.1, 0.15) is 0 Å². The SMILES string of the molecule is NC1(c2ccc3ccccc3c2)CC1c1ccc(Cl)cc1. The van der Waals surface area contributed by atoms with Crippen LogP contribution in [0, 0.1) is 0 Å². The molecule has 1 saturated carbocycles. The van der Waals surface area contributed by atoms with Crippen molar-refractivity contribution < 1.29 is 0 Å². The Hall–Kier alpha value is -1.83. The molecule has 0 spiro atoms. The maximum Gasteiger partial charge on any atom is 0.0486 e. The van der Waals surface area contributed by atoms with E-state index in [-0.39, 0.29) is 5.54 Å². The lowest BCUT2D eigenvalue weighted by atomic mass is 9.97. The van der Waals surface area contributed by atoms with Crippen molar-refractivity contribution in [1.82, 2.24) is 0 Å². The van der Waals surface area contributed by atoms with E-state index in [0.29, 0.717) is 5.92 Å². The van der Waals surface area contributed by atoms with Crippen molar-refractivity contribution in [3.63, 3.8) is 0 Å². The zero-order valence-electron chi connectivity index (χ0n) is 11.6. The zero-order valence-corrected chi connectivity index (χ0v) is 12.3. The monoisotopic (exact) mass is 293 g/mol. The summed E-state index contributed by atoms with van der Waals surface area (Å²) in [5.74, 6) is 0.385. The fraction of sp³-hybridized carbons (Fsp3) is 0.158. The minimum atomic E-state index is -0.238. The summed E-state index contributed by atoms with van der Waals surface area (Å²) in [6, 6.07) is 23.0. The first-order valence-corrected chi connectivity index (χ1v) is 7.58. The molecule has 0 radical (unpaired) electrons. The standard InChI is InChI=1S/C19H16ClN/c20-17-9-6-14(7-10-17)18-12-19(18,21)16-8-5-13-3-1-2-4-15(13)11-16/h1-11,18H,12,21H2. The normalized spacial score (nSPS) is 24.2. The van der Waals surface area contributed by atoms with Gasteiger partial charge in [-0.05, 0) is 46.5 Å². The van der Waals surface area contributed by atoms with Crippen LogP contribution < -0.4 is 5.73 Å². The summed E-state index contributed by atoms with van der Waals surface area (Å²) in [5.41, 5.74) is 8.90. The molecule has 21 heavy (non-hydrogen) atoms. The van der Waals surface area contributed by atoms with Crippen molar-refractivity contribution in [3.05, 3.63) is 82.9 Å². The molecule has 1 aliphatic carbocycles. The van der Waals surface area contributed by atoms with E-state index in [1.807, 2.05) is 12.1 Å². The van der Waals surface area contributed by atoms with E-state index in [4.69, 9.17) is 17.3 Å². The van der Waals surface area contributed by atoms with Crippen molar-refractivity contribution in [2.45, 2.75) is 17.9 Å². The van der Waals surface area contributed by atoms with Gasteiger partial charge in [0, 0.05) is 16.5 Å². The Morgan fingerprint density at radius 2 is 1.62 bits per heavy atom. The average molecular weight is 294 g/mol. The van der Waals surface area contributed by atoms with Crippen LogP contribution in [0.3, 0.4) is 0 Å². The molecule has 3 aromatic rings. The second-order valence-electron chi connectivity index (χ2n) is 5.91. The van der Waals surface area contributed by atoms with Gasteiger partial charge in [0.15, 0.2) is 0 Å². The second-order valence-corrected chi connectivity index (χ2v) is 6.35. The Balaban J connectivity index is 1.70. The summed E-state index contributed by atoms with van der Waals surface area (Å²) in [4.78, 5) is 0. The summed E-state index contributed by atoms with van der Waals surface area (Å²) < 4.78 is 0. The molecule has 104 valence electrons. The van der Waals surface area contributed by atoms with Crippen LogP contribution in [0.1, 0.15) is 23.5 Å². The van der Waals surface area contributed by atoms with Crippen LogP contribution in [-0.4, -0.2) is 0 Å². The van der Waals surface area contributed by atoms with Crippen molar-refractivity contribution in [2.75, 3.05) is 0 Å². The van der Waals surface area contributed by atoms with E-state index in [2.05, 4.69) is 54.6 Å². The van der Waals surface area contributed by atoms with Gasteiger partial charge in [0.05, 0.1) is 0 Å². The van der Waals surface area contributed by atoms with Crippen LogP contribution in [0.15, 0.2) is 66.7 Å². The third kappa shape index (κ3) is 2.14. The number of halogens is 1. The summed E-state index contributed by atoms with van der Waals surface area (Å²) >= 11 is 5.96. The number of hydrogen-bond acceptors (Lipinski definition) is 1. The first-order valence-electron chi connectivity index (χ1n) is 7.20. The fourth-order valence-corrected chi connectivity index (χ4v) is 3.31. The smallest absolute Gasteiger partial charge is 0.0486 e. The van der Waals surface area contributed by atoms with E-state index < -0.39 is 0 Å². The first-order chi connectivity index (χ1) is 10.2. The molecule has 2 heteroatoms. The Kier molecular flexibility index (Phi) is 2.81. The first kappa shape index (κ1) is 12.9. The average Bonchev–Trinajstić information content (AvgIpc) is 3.21. The highest BCUT2D eigenvalue weighted by atomic mass is 35.5. The minimum Gasteiger partial charge on any atom is -0.321 e. The van der Waals surface area contributed by atoms with Gasteiger partial charge in [-0.1, -0.05) is 60.1 Å². The molecule has 1 fully saturated rings. The van der Waals surface area contributed by atoms with E-state index in [1.54, 1.807) is 0 Å². The van der Waals surface area contributed by atoms with Crippen LogP contribution in [0.2, 0.25) is 5.02 Å². The molecule has 2 N–H and O–H groups in total. The number of hydrogen-bond donors (Lipinski definition) is 1. The summed E-state index contributed by atoms with van der Waals surface area (Å²) in [5, 5.41) is 3.28. The molecule has 3 aromatic carbocycles. The molecular weight excluding hydrogens is 278 g/mol. The second kappa shape index (κ2) is 4.59. The molecule has 0 bridgehead atoms. The zero-order chi connectivity index (χ0) is 14.4. The molecule has 0 heterocycles. The van der Waals surface area contributed by atoms with E-state index in [9.17, 15) is 0 Å². The number of benzene rings is 3. The summed E-state index contributed by atoms with van der Waals surface area (Å²) in [7, 11) is 0. The maximum atomic E-state index is 6.64. The molecule has 0 aromatic heterocycles. The van der Waals surface area contributed by atoms with Gasteiger partial charge in [0.2, 0.25) is 0 Å².